The predicted octanol–water partition coefficient (Wildman–Crippen LogP) is 5.08. The van der Waals surface area contributed by atoms with Gasteiger partial charge in [0.1, 0.15) is 5.82 Å². The highest BCUT2D eigenvalue weighted by atomic mass is 19.1. The van der Waals surface area contributed by atoms with Crippen LogP contribution in [0.4, 0.5) is 8.78 Å². The Morgan fingerprint density at radius 1 is 1.03 bits per heavy atom. The van der Waals surface area contributed by atoms with E-state index in [4.69, 9.17) is 4.74 Å². The standard InChI is InChI=1S/C26H22F2N2O2/c27-21-9-7-18(8-10-21)19-11-13-30(14-12-19)16-17-3-1-4-20(15-17)26-29-25(31)22-5-2-6-23(28)24(22)32-26/h1-11,15,26H,12-14,16H2,(H,29,31). The van der Waals surface area contributed by atoms with Crippen LogP contribution in [-0.4, -0.2) is 23.9 Å². The average molecular weight is 432 g/mol. The van der Waals surface area contributed by atoms with E-state index in [2.05, 4.69) is 16.3 Å². The Hall–Kier alpha value is -3.51. The average Bonchev–Trinajstić information content (AvgIpc) is 2.81. The fourth-order valence-corrected chi connectivity index (χ4v) is 4.20. The highest BCUT2D eigenvalue weighted by molar-refractivity contribution is 5.98. The van der Waals surface area contributed by atoms with Crippen LogP contribution in [0.5, 0.6) is 5.75 Å². The van der Waals surface area contributed by atoms with Gasteiger partial charge < -0.3 is 10.1 Å². The summed E-state index contributed by atoms with van der Waals surface area (Å²) in [5, 5.41) is 2.80. The van der Waals surface area contributed by atoms with Crippen molar-refractivity contribution in [1.29, 1.82) is 0 Å². The molecule has 3 aromatic carbocycles. The number of carbonyl (C=O) groups is 1. The number of nitrogens with zero attached hydrogens (tertiary/aromatic N) is 1. The number of hydrogen-bond acceptors (Lipinski definition) is 3. The normalized spacial score (nSPS) is 18.4. The number of carbonyl (C=O) groups excluding carboxylic acids is 1. The van der Waals surface area contributed by atoms with Crippen molar-refractivity contribution in [2.24, 2.45) is 0 Å². The SMILES string of the molecule is O=C1NC(c2cccc(CN3CC=C(c4ccc(F)cc4)CC3)c2)Oc2c(F)cccc21. The van der Waals surface area contributed by atoms with Crippen LogP contribution in [0.15, 0.2) is 72.8 Å². The molecule has 0 bridgehead atoms. The summed E-state index contributed by atoms with van der Waals surface area (Å²) >= 11 is 0. The summed E-state index contributed by atoms with van der Waals surface area (Å²) in [6, 6.07) is 18.7. The monoisotopic (exact) mass is 432 g/mol. The Morgan fingerprint density at radius 3 is 2.62 bits per heavy atom. The number of benzene rings is 3. The molecule has 162 valence electrons. The minimum atomic E-state index is -0.738. The Morgan fingerprint density at radius 2 is 1.84 bits per heavy atom. The molecule has 3 aromatic rings. The number of amides is 1. The van der Waals surface area contributed by atoms with Gasteiger partial charge in [0.25, 0.3) is 5.91 Å². The van der Waals surface area contributed by atoms with Gasteiger partial charge in [-0.15, -0.1) is 0 Å². The number of halogens is 2. The number of rotatable bonds is 4. The van der Waals surface area contributed by atoms with E-state index in [1.54, 1.807) is 6.07 Å². The van der Waals surface area contributed by atoms with E-state index in [1.807, 2.05) is 36.4 Å². The Bertz CT molecular complexity index is 1190. The molecule has 0 fully saturated rings. The van der Waals surface area contributed by atoms with Crippen molar-refractivity contribution >= 4 is 11.5 Å². The quantitative estimate of drug-likeness (QED) is 0.626. The van der Waals surface area contributed by atoms with Crippen LogP contribution in [0.25, 0.3) is 5.57 Å². The molecule has 0 saturated carbocycles. The predicted molar refractivity (Wildman–Crippen MR) is 118 cm³/mol. The third-order valence-electron chi connectivity index (χ3n) is 5.88. The lowest BCUT2D eigenvalue weighted by Gasteiger charge is -2.29. The topological polar surface area (TPSA) is 41.6 Å². The third-order valence-corrected chi connectivity index (χ3v) is 5.88. The summed E-state index contributed by atoms with van der Waals surface area (Å²) < 4.78 is 33.1. The smallest absolute Gasteiger partial charge is 0.258 e. The summed E-state index contributed by atoms with van der Waals surface area (Å²) in [5.74, 6) is -1.14. The number of para-hydroxylation sites is 1. The number of ether oxygens (including phenoxy) is 1. The van der Waals surface area contributed by atoms with Crippen molar-refractivity contribution < 1.29 is 18.3 Å². The molecule has 1 amide bonds. The lowest BCUT2D eigenvalue weighted by molar-refractivity contribution is 0.0742. The number of hydrogen-bond donors (Lipinski definition) is 1. The maximum absolute atomic E-state index is 14.2. The molecular weight excluding hydrogens is 410 g/mol. The van der Waals surface area contributed by atoms with Crippen molar-refractivity contribution in [3.8, 4) is 5.75 Å². The maximum atomic E-state index is 14.2. The second-order valence-corrected chi connectivity index (χ2v) is 8.05. The van der Waals surface area contributed by atoms with Gasteiger partial charge in [-0.25, -0.2) is 8.78 Å². The van der Waals surface area contributed by atoms with Crippen molar-refractivity contribution in [2.45, 2.75) is 19.2 Å². The zero-order valence-corrected chi connectivity index (χ0v) is 17.4. The van der Waals surface area contributed by atoms with E-state index in [9.17, 15) is 13.6 Å². The van der Waals surface area contributed by atoms with Gasteiger partial charge in [0, 0.05) is 25.2 Å². The first-order chi connectivity index (χ1) is 15.6. The van der Waals surface area contributed by atoms with Gasteiger partial charge in [-0.05, 0) is 53.5 Å². The fourth-order valence-electron chi connectivity index (χ4n) is 4.20. The van der Waals surface area contributed by atoms with Gasteiger partial charge in [-0.1, -0.05) is 42.5 Å². The van der Waals surface area contributed by atoms with Crippen LogP contribution in [-0.2, 0) is 6.54 Å². The molecule has 4 nitrogen and oxygen atoms in total. The van der Waals surface area contributed by atoms with E-state index in [1.165, 1.54) is 29.8 Å². The summed E-state index contributed by atoms with van der Waals surface area (Å²) in [7, 11) is 0. The lowest BCUT2D eigenvalue weighted by Crippen LogP contribution is -2.37. The van der Waals surface area contributed by atoms with Gasteiger partial charge in [-0.2, -0.15) is 0 Å². The minimum Gasteiger partial charge on any atom is -0.462 e. The molecular formula is C26H22F2N2O2. The summed E-state index contributed by atoms with van der Waals surface area (Å²) in [4.78, 5) is 14.7. The first kappa shape index (κ1) is 20.4. The molecule has 0 aliphatic carbocycles. The molecule has 1 N–H and O–H groups in total. The molecule has 0 spiro atoms. The minimum absolute atomic E-state index is 0.0128. The molecule has 0 saturated heterocycles. The molecule has 5 rings (SSSR count). The molecule has 1 atom stereocenters. The van der Waals surface area contributed by atoms with E-state index < -0.39 is 12.0 Å². The molecule has 0 aromatic heterocycles. The van der Waals surface area contributed by atoms with Gasteiger partial charge in [0.15, 0.2) is 17.8 Å². The van der Waals surface area contributed by atoms with E-state index >= 15 is 0 Å². The second kappa shape index (κ2) is 8.55. The summed E-state index contributed by atoms with van der Waals surface area (Å²) in [6.07, 6.45) is 2.34. The Labute approximate surface area is 185 Å². The van der Waals surface area contributed by atoms with Gasteiger partial charge in [-0.3, -0.25) is 9.69 Å². The van der Waals surface area contributed by atoms with Crippen LogP contribution in [0.2, 0.25) is 0 Å². The zero-order chi connectivity index (χ0) is 22.1. The van der Waals surface area contributed by atoms with Gasteiger partial charge >= 0.3 is 0 Å². The highest BCUT2D eigenvalue weighted by Crippen LogP contribution is 2.32. The Kier molecular flexibility index (Phi) is 5.45. The van der Waals surface area contributed by atoms with Crippen LogP contribution < -0.4 is 10.1 Å². The third kappa shape index (κ3) is 4.14. The van der Waals surface area contributed by atoms with Crippen molar-refractivity contribution in [3.63, 3.8) is 0 Å². The number of fused-ring (bicyclic) bond motifs is 1. The molecule has 6 heteroatoms. The summed E-state index contributed by atoms with van der Waals surface area (Å²) in [5.41, 5.74) is 4.34. The van der Waals surface area contributed by atoms with E-state index in [0.717, 1.165) is 42.7 Å². The fraction of sp³-hybridized carbons (Fsp3) is 0.192. The van der Waals surface area contributed by atoms with Crippen molar-refractivity contribution in [1.82, 2.24) is 10.2 Å². The molecule has 0 radical (unpaired) electrons. The Balaban J connectivity index is 1.28. The maximum Gasteiger partial charge on any atom is 0.258 e. The first-order valence-electron chi connectivity index (χ1n) is 10.6. The van der Waals surface area contributed by atoms with E-state index in [-0.39, 0.29) is 23.0 Å². The van der Waals surface area contributed by atoms with Crippen LogP contribution >= 0.6 is 0 Å². The van der Waals surface area contributed by atoms with Gasteiger partial charge in [0.05, 0.1) is 5.56 Å². The second-order valence-electron chi connectivity index (χ2n) is 8.05. The van der Waals surface area contributed by atoms with E-state index in [0.29, 0.717) is 0 Å². The van der Waals surface area contributed by atoms with Gasteiger partial charge in [0.2, 0.25) is 0 Å². The van der Waals surface area contributed by atoms with Crippen LogP contribution in [0, 0.1) is 11.6 Å². The molecule has 2 heterocycles. The lowest BCUT2D eigenvalue weighted by atomic mass is 9.99. The van der Waals surface area contributed by atoms with Crippen molar-refractivity contribution in [2.75, 3.05) is 13.1 Å². The van der Waals surface area contributed by atoms with Crippen molar-refractivity contribution in [3.05, 3.63) is 107 Å². The highest BCUT2D eigenvalue weighted by Gasteiger charge is 2.29. The number of nitrogens with one attached hydrogen (secondary N) is 1. The molecule has 2 aliphatic rings. The molecule has 32 heavy (non-hydrogen) atoms. The molecule has 1 unspecified atom stereocenters. The zero-order valence-electron chi connectivity index (χ0n) is 17.4. The summed E-state index contributed by atoms with van der Waals surface area (Å²) in [6.45, 7) is 2.43. The van der Waals surface area contributed by atoms with Crippen LogP contribution in [0.3, 0.4) is 0 Å². The first-order valence-corrected chi connectivity index (χ1v) is 10.6. The largest absolute Gasteiger partial charge is 0.462 e. The molecule has 2 aliphatic heterocycles. The van der Waals surface area contributed by atoms with Crippen LogP contribution in [0.1, 0.15) is 39.7 Å².